The van der Waals surface area contributed by atoms with Crippen LogP contribution in [0, 0.1) is 0 Å². The maximum absolute atomic E-state index is 11.7. The van der Waals surface area contributed by atoms with Crippen LogP contribution in [0.5, 0.6) is 5.75 Å². The Balaban J connectivity index is 1.78. The third-order valence-corrected chi connectivity index (χ3v) is 3.03. The first-order valence-corrected chi connectivity index (χ1v) is 6.60. The second-order valence-electron chi connectivity index (χ2n) is 4.27. The quantitative estimate of drug-likeness (QED) is 0.808. The van der Waals surface area contributed by atoms with Crippen LogP contribution >= 0.6 is 11.6 Å². The van der Waals surface area contributed by atoms with Gasteiger partial charge in [-0.05, 0) is 42.3 Å². The summed E-state index contributed by atoms with van der Waals surface area (Å²) in [7, 11) is 0. The highest BCUT2D eigenvalue weighted by molar-refractivity contribution is 6.30. The van der Waals surface area contributed by atoms with Crippen LogP contribution < -0.4 is 10.6 Å². The zero-order valence-corrected chi connectivity index (χ0v) is 11.5. The lowest BCUT2D eigenvalue weighted by molar-refractivity contribution is 0.252. The van der Waals surface area contributed by atoms with Crippen LogP contribution in [0.2, 0.25) is 5.02 Å². The van der Waals surface area contributed by atoms with E-state index in [0.717, 1.165) is 5.56 Å². The monoisotopic (exact) mass is 290 g/mol. The molecule has 2 amide bonds. The highest BCUT2D eigenvalue weighted by Gasteiger charge is 2.03. The molecule has 0 bridgehead atoms. The molecule has 4 nitrogen and oxygen atoms in total. The Kier molecular flexibility index (Phi) is 4.85. The summed E-state index contributed by atoms with van der Waals surface area (Å²) in [5.41, 5.74) is 1.48. The van der Waals surface area contributed by atoms with Gasteiger partial charge in [0.2, 0.25) is 0 Å². The van der Waals surface area contributed by atoms with Gasteiger partial charge in [0.15, 0.2) is 0 Å². The summed E-state index contributed by atoms with van der Waals surface area (Å²) in [5, 5.41) is 15.6. The average molecular weight is 291 g/mol. The fraction of sp³-hybridized carbons (Fsp3) is 0.133. The number of phenols is 1. The van der Waals surface area contributed by atoms with Gasteiger partial charge in [-0.15, -0.1) is 0 Å². The molecule has 0 unspecified atom stereocenters. The Morgan fingerprint density at radius 2 is 1.80 bits per heavy atom. The van der Waals surface area contributed by atoms with E-state index < -0.39 is 0 Å². The molecular weight excluding hydrogens is 276 g/mol. The Bertz CT molecular complexity index is 585. The Morgan fingerprint density at radius 1 is 1.10 bits per heavy atom. The minimum atomic E-state index is -0.289. The molecule has 0 spiro atoms. The summed E-state index contributed by atoms with van der Waals surface area (Å²) in [5.74, 6) is 0.243. The van der Waals surface area contributed by atoms with Crippen molar-refractivity contribution in [1.82, 2.24) is 5.32 Å². The van der Waals surface area contributed by atoms with Crippen molar-refractivity contribution < 1.29 is 9.90 Å². The summed E-state index contributed by atoms with van der Waals surface area (Å²) >= 11 is 5.76. The number of hydrogen-bond acceptors (Lipinski definition) is 2. The first-order valence-electron chi connectivity index (χ1n) is 6.22. The number of hydrogen-bond donors (Lipinski definition) is 3. The summed E-state index contributed by atoms with van der Waals surface area (Å²) in [6, 6.07) is 13.6. The van der Waals surface area contributed by atoms with E-state index in [1.54, 1.807) is 36.4 Å². The molecule has 2 aromatic rings. The summed E-state index contributed by atoms with van der Waals surface area (Å²) in [4.78, 5) is 11.7. The van der Waals surface area contributed by atoms with Crippen LogP contribution in [0.3, 0.4) is 0 Å². The van der Waals surface area contributed by atoms with Crippen molar-refractivity contribution in [3.05, 3.63) is 59.1 Å². The number of rotatable bonds is 4. The number of phenolic OH excluding ortho intramolecular Hbond substituents is 1. The van der Waals surface area contributed by atoms with Crippen molar-refractivity contribution in [1.29, 1.82) is 0 Å². The van der Waals surface area contributed by atoms with Gasteiger partial charge in [0.05, 0.1) is 0 Å². The molecule has 3 N–H and O–H groups in total. The third kappa shape index (κ3) is 4.17. The number of amides is 2. The minimum absolute atomic E-state index is 0.243. The second kappa shape index (κ2) is 6.82. The van der Waals surface area contributed by atoms with E-state index >= 15 is 0 Å². The van der Waals surface area contributed by atoms with Gasteiger partial charge >= 0.3 is 6.03 Å². The van der Waals surface area contributed by atoms with Crippen molar-refractivity contribution in [2.75, 3.05) is 11.9 Å². The van der Waals surface area contributed by atoms with Crippen molar-refractivity contribution in [3.8, 4) is 5.75 Å². The Hall–Kier alpha value is -2.20. The van der Waals surface area contributed by atoms with Crippen molar-refractivity contribution in [2.24, 2.45) is 0 Å². The standard InChI is InChI=1S/C15H15ClN2O2/c16-12-5-7-13(8-6-12)18-15(20)17-10-9-11-3-1-2-4-14(11)19/h1-8,19H,9-10H2,(H2,17,18,20). The fourth-order valence-electron chi connectivity index (χ4n) is 1.74. The van der Waals surface area contributed by atoms with E-state index in [1.807, 2.05) is 12.1 Å². The van der Waals surface area contributed by atoms with Gasteiger partial charge in [-0.25, -0.2) is 4.79 Å². The molecule has 0 atom stereocenters. The van der Waals surface area contributed by atoms with Crippen molar-refractivity contribution in [2.45, 2.75) is 6.42 Å². The van der Waals surface area contributed by atoms with Crippen LogP contribution in [0.25, 0.3) is 0 Å². The van der Waals surface area contributed by atoms with Gasteiger partial charge in [-0.3, -0.25) is 0 Å². The molecule has 2 aromatic carbocycles. The van der Waals surface area contributed by atoms with E-state index in [0.29, 0.717) is 23.7 Å². The van der Waals surface area contributed by atoms with Crippen LogP contribution in [0.15, 0.2) is 48.5 Å². The molecular formula is C15H15ClN2O2. The number of halogens is 1. The summed E-state index contributed by atoms with van der Waals surface area (Å²) in [6.07, 6.45) is 0.570. The molecule has 20 heavy (non-hydrogen) atoms. The number of carbonyl (C=O) groups excluding carboxylic acids is 1. The van der Waals surface area contributed by atoms with Gasteiger partial charge in [-0.1, -0.05) is 29.8 Å². The minimum Gasteiger partial charge on any atom is -0.508 e. The highest BCUT2D eigenvalue weighted by atomic mass is 35.5. The number of aromatic hydroxyl groups is 1. The predicted octanol–water partition coefficient (Wildman–Crippen LogP) is 3.41. The van der Waals surface area contributed by atoms with Crippen molar-refractivity contribution in [3.63, 3.8) is 0 Å². The molecule has 0 aliphatic carbocycles. The maximum Gasteiger partial charge on any atom is 0.319 e. The first-order chi connectivity index (χ1) is 9.65. The lowest BCUT2D eigenvalue weighted by Gasteiger charge is -2.08. The summed E-state index contributed by atoms with van der Waals surface area (Å²) in [6.45, 7) is 0.441. The van der Waals surface area contributed by atoms with Gasteiger partial charge in [0.1, 0.15) is 5.75 Å². The second-order valence-corrected chi connectivity index (χ2v) is 4.70. The van der Waals surface area contributed by atoms with E-state index in [1.165, 1.54) is 0 Å². The van der Waals surface area contributed by atoms with Gasteiger partial charge in [0, 0.05) is 17.3 Å². The van der Waals surface area contributed by atoms with E-state index in [4.69, 9.17) is 11.6 Å². The van der Waals surface area contributed by atoms with E-state index in [9.17, 15) is 9.90 Å². The number of nitrogens with one attached hydrogen (secondary N) is 2. The van der Waals surface area contributed by atoms with Crippen LogP contribution in [0.4, 0.5) is 10.5 Å². The molecule has 0 saturated carbocycles. The molecule has 0 aliphatic rings. The molecule has 0 radical (unpaired) electrons. The van der Waals surface area contributed by atoms with Crippen LogP contribution in [0.1, 0.15) is 5.56 Å². The normalized spacial score (nSPS) is 10.1. The Morgan fingerprint density at radius 3 is 2.50 bits per heavy atom. The predicted molar refractivity (Wildman–Crippen MR) is 80.3 cm³/mol. The fourth-order valence-corrected chi connectivity index (χ4v) is 1.87. The number of benzene rings is 2. The topological polar surface area (TPSA) is 61.4 Å². The average Bonchev–Trinajstić information content (AvgIpc) is 2.43. The zero-order valence-electron chi connectivity index (χ0n) is 10.8. The maximum atomic E-state index is 11.7. The molecule has 104 valence electrons. The summed E-state index contributed by atoms with van der Waals surface area (Å²) < 4.78 is 0. The van der Waals surface area contributed by atoms with Gasteiger partial charge in [-0.2, -0.15) is 0 Å². The molecule has 2 rings (SSSR count). The van der Waals surface area contributed by atoms with Crippen LogP contribution in [-0.2, 0) is 6.42 Å². The molecule has 0 fully saturated rings. The molecule has 5 heteroatoms. The molecule has 0 aromatic heterocycles. The smallest absolute Gasteiger partial charge is 0.319 e. The molecule has 0 heterocycles. The van der Waals surface area contributed by atoms with E-state index in [2.05, 4.69) is 10.6 Å². The largest absolute Gasteiger partial charge is 0.508 e. The van der Waals surface area contributed by atoms with Crippen LogP contribution in [-0.4, -0.2) is 17.7 Å². The number of anilines is 1. The third-order valence-electron chi connectivity index (χ3n) is 2.77. The first kappa shape index (κ1) is 14.2. The lowest BCUT2D eigenvalue weighted by Crippen LogP contribution is -2.30. The van der Waals surface area contributed by atoms with Gasteiger partial charge < -0.3 is 15.7 Å². The number of para-hydroxylation sites is 1. The van der Waals surface area contributed by atoms with Gasteiger partial charge in [0.25, 0.3) is 0 Å². The molecule has 0 saturated heterocycles. The van der Waals surface area contributed by atoms with Crippen molar-refractivity contribution >= 4 is 23.3 Å². The number of carbonyl (C=O) groups is 1. The number of urea groups is 1. The Labute approximate surface area is 122 Å². The lowest BCUT2D eigenvalue weighted by atomic mass is 10.1. The SMILES string of the molecule is O=C(NCCc1ccccc1O)Nc1ccc(Cl)cc1. The van der Waals surface area contributed by atoms with E-state index in [-0.39, 0.29) is 11.8 Å². The zero-order chi connectivity index (χ0) is 14.4. The molecule has 0 aliphatic heterocycles. The highest BCUT2D eigenvalue weighted by Crippen LogP contribution is 2.15.